The molecule has 1 aliphatic heterocycles. The molecule has 1 nitrogen and oxygen atoms in total. The molecule has 1 fully saturated rings. The first-order valence-electron chi connectivity index (χ1n) is 6.80. The van der Waals surface area contributed by atoms with Gasteiger partial charge in [0.1, 0.15) is 0 Å². The zero-order valence-electron chi connectivity index (χ0n) is 10.6. The molecule has 1 atom stereocenters. The maximum absolute atomic E-state index is 3.51. The first-order chi connectivity index (χ1) is 8.95. The largest absolute Gasteiger partial charge is 0.316 e. The Labute approximate surface area is 109 Å². The van der Waals surface area contributed by atoms with E-state index in [9.17, 15) is 0 Å². The van der Waals surface area contributed by atoms with Crippen LogP contribution in [0.4, 0.5) is 0 Å². The number of hydrogen-bond acceptors (Lipinski definition) is 1. The monoisotopic (exact) mass is 237 g/mol. The van der Waals surface area contributed by atoms with Gasteiger partial charge in [-0.25, -0.2) is 0 Å². The average molecular weight is 237 g/mol. The molecule has 0 amide bonds. The lowest BCUT2D eigenvalue weighted by Crippen LogP contribution is -2.28. The van der Waals surface area contributed by atoms with Gasteiger partial charge in [-0.05, 0) is 42.0 Å². The van der Waals surface area contributed by atoms with Crippen molar-refractivity contribution < 1.29 is 0 Å². The van der Waals surface area contributed by atoms with Crippen molar-refractivity contribution in [2.45, 2.75) is 18.8 Å². The van der Waals surface area contributed by atoms with Gasteiger partial charge in [-0.3, -0.25) is 0 Å². The van der Waals surface area contributed by atoms with Crippen LogP contribution >= 0.6 is 0 Å². The molecule has 1 saturated heterocycles. The van der Waals surface area contributed by atoms with Crippen LogP contribution in [0, 0.1) is 0 Å². The molecule has 18 heavy (non-hydrogen) atoms. The summed E-state index contributed by atoms with van der Waals surface area (Å²) in [6.07, 6.45) is 2.59. The summed E-state index contributed by atoms with van der Waals surface area (Å²) in [4.78, 5) is 0. The van der Waals surface area contributed by atoms with E-state index >= 15 is 0 Å². The van der Waals surface area contributed by atoms with Gasteiger partial charge in [0.05, 0.1) is 0 Å². The summed E-state index contributed by atoms with van der Waals surface area (Å²) in [6.45, 7) is 2.29. The highest BCUT2D eigenvalue weighted by Gasteiger charge is 2.18. The minimum atomic E-state index is 0.662. The van der Waals surface area contributed by atoms with Crippen molar-refractivity contribution in [3.8, 4) is 11.1 Å². The predicted molar refractivity (Wildman–Crippen MR) is 76.7 cm³/mol. The van der Waals surface area contributed by atoms with Gasteiger partial charge >= 0.3 is 0 Å². The van der Waals surface area contributed by atoms with Crippen LogP contribution in [0.1, 0.15) is 24.3 Å². The second kappa shape index (κ2) is 5.36. The molecule has 1 unspecified atom stereocenters. The second-order valence-corrected chi connectivity index (χ2v) is 5.00. The van der Waals surface area contributed by atoms with Crippen LogP contribution < -0.4 is 5.32 Å². The number of piperidine rings is 1. The molecule has 1 aliphatic rings. The summed E-state index contributed by atoms with van der Waals surface area (Å²) in [5, 5.41) is 3.51. The molecule has 2 aromatic rings. The fourth-order valence-electron chi connectivity index (χ4n) is 2.85. The number of benzene rings is 2. The van der Waals surface area contributed by atoms with Crippen molar-refractivity contribution in [2.24, 2.45) is 0 Å². The minimum absolute atomic E-state index is 0.662. The Hall–Kier alpha value is -1.60. The van der Waals surface area contributed by atoms with Crippen LogP contribution in [0.3, 0.4) is 0 Å². The van der Waals surface area contributed by atoms with Crippen molar-refractivity contribution in [1.29, 1.82) is 0 Å². The van der Waals surface area contributed by atoms with Crippen LogP contribution in [-0.4, -0.2) is 13.1 Å². The van der Waals surface area contributed by atoms with E-state index in [4.69, 9.17) is 0 Å². The Morgan fingerprint density at radius 3 is 2.44 bits per heavy atom. The highest BCUT2D eigenvalue weighted by molar-refractivity contribution is 5.68. The normalized spacial score (nSPS) is 19.7. The lowest BCUT2D eigenvalue weighted by atomic mass is 9.86. The zero-order chi connectivity index (χ0) is 12.2. The molecule has 2 aromatic carbocycles. The predicted octanol–water partition coefficient (Wildman–Crippen LogP) is 3.82. The van der Waals surface area contributed by atoms with E-state index in [1.165, 1.54) is 36.1 Å². The van der Waals surface area contributed by atoms with E-state index in [2.05, 4.69) is 59.9 Å². The lowest BCUT2D eigenvalue weighted by Gasteiger charge is -2.25. The third-order valence-corrected chi connectivity index (χ3v) is 3.78. The molecule has 1 heteroatoms. The summed E-state index contributed by atoms with van der Waals surface area (Å²) in [6, 6.07) is 19.6. The molecule has 0 bridgehead atoms. The van der Waals surface area contributed by atoms with Gasteiger partial charge in [0.2, 0.25) is 0 Å². The summed E-state index contributed by atoms with van der Waals surface area (Å²) in [5.41, 5.74) is 4.22. The number of rotatable bonds is 2. The molecule has 0 saturated carbocycles. The molecule has 0 aliphatic carbocycles. The van der Waals surface area contributed by atoms with Crippen LogP contribution in [0.25, 0.3) is 11.1 Å². The third kappa shape index (κ3) is 2.32. The average Bonchev–Trinajstić information content (AvgIpc) is 2.49. The summed E-state index contributed by atoms with van der Waals surface area (Å²) in [5.74, 6) is 0.662. The van der Waals surface area contributed by atoms with Gasteiger partial charge in [0.25, 0.3) is 0 Å². The van der Waals surface area contributed by atoms with Gasteiger partial charge in [0, 0.05) is 6.54 Å². The zero-order valence-corrected chi connectivity index (χ0v) is 10.6. The maximum atomic E-state index is 3.51. The van der Waals surface area contributed by atoms with Crippen LogP contribution in [0.15, 0.2) is 54.6 Å². The molecule has 3 rings (SSSR count). The van der Waals surface area contributed by atoms with E-state index < -0.39 is 0 Å². The van der Waals surface area contributed by atoms with Gasteiger partial charge < -0.3 is 5.32 Å². The topological polar surface area (TPSA) is 12.0 Å². The molecule has 0 radical (unpaired) electrons. The maximum Gasteiger partial charge on any atom is 0.00203 e. The Morgan fingerprint density at radius 1 is 0.889 bits per heavy atom. The van der Waals surface area contributed by atoms with E-state index in [0.717, 1.165) is 6.54 Å². The molecular formula is C17H19N. The Morgan fingerprint density at radius 2 is 1.67 bits per heavy atom. The van der Waals surface area contributed by atoms with Crippen molar-refractivity contribution >= 4 is 0 Å². The number of hydrogen-bond donors (Lipinski definition) is 1. The molecule has 1 N–H and O–H groups in total. The van der Waals surface area contributed by atoms with Crippen molar-refractivity contribution in [1.82, 2.24) is 5.32 Å². The van der Waals surface area contributed by atoms with Crippen molar-refractivity contribution in [3.63, 3.8) is 0 Å². The Bertz CT molecular complexity index is 498. The molecule has 1 heterocycles. The van der Waals surface area contributed by atoms with Crippen molar-refractivity contribution in [2.75, 3.05) is 13.1 Å². The van der Waals surface area contributed by atoms with Gasteiger partial charge in [-0.15, -0.1) is 0 Å². The van der Waals surface area contributed by atoms with E-state index in [0.29, 0.717) is 5.92 Å². The van der Waals surface area contributed by atoms with E-state index in [1.54, 1.807) is 0 Å². The molecular weight excluding hydrogens is 218 g/mol. The standard InChI is InChI=1S/C17H19N/c1-2-7-14(8-3-1)16-10-4-5-11-17(16)15-9-6-12-18-13-15/h1-5,7-8,10-11,15,18H,6,9,12-13H2. The summed E-state index contributed by atoms with van der Waals surface area (Å²) in [7, 11) is 0. The van der Waals surface area contributed by atoms with Crippen LogP contribution in [0.2, 0.25) is 0 Å². The smallest absolute Gasteiger partial charge is 0.00203 e. The molecule has 0 aromatic heterocycles. The highest BCUT2D eigenvalue weighted by Crippen LogP contribution is 2.32. The fraction of sp³-hybridized carbons (Fsp3) is 0.294. The first kappa shape index (κ1) is 11.5. The van der Waals surface area contributed by atoms with Gasteiger partial charge in [0.15, 0.2) is 0 Å². The molecule has 92 valence electrons. The quantitative estimate of drug-likeness (QED) is 0.837. The van der Waals surface area contributed by atoms with Gasteiger partial charge in [-0.1, -0.05) is 54.6 Å². The fourth-order valence-corrected chi connectivity index (χ4v) is 2.85. The van der Waals surface area contributed by atoms with Gasteiger partial charge in [-0.2, -0.15) is 0 Å². The third-order valence-electron chi connectivity index (χ3n) is 3.78. The SMILES string of the molecule is c1ccc(-c2ccccc2C2CCCNC2)cc1. The Kier molecular flexibility index (Phi) is 3.42. The minimum Gasteiger partial charge on any atom is -0.316 e. The van der Waals surface area contributed by atoms with Crippen LogP contribution in [0.5, 0.6) is 0 Å². The Balaban J connectivity index is 1.99. The molecule has 0 spiro atoms. The van der Waals surface area contributed by atoms with Crippen molar-refractivity contribution in [3.05, 3.63) is 60.2 Å². The lowest BCUT2D eigenvalue weighted by molar-refractivity contribution is 0.462. The first-order valence-corrected chi connectivity index (χ1v) is 6.80. The summed E-state index contributed by atoms with van der Waals surface area (Å²) < 4.78 is 0. The van der Waals surface area contributed by atoms with Crippen LogP contribution in [-0.2, 0) is 0 Å². The van der Waals surface area contributed by atoms with E-state index in [1.807, 2.05) is 0 Å². The number of nitrogens with one attached hydrogen (secondary N) is 1. The summed E-state index contributed by atoms with van der Waals surface area (Å²) >= 11 is 0. The highest BCUT2D eigenvalue weighted by atomic mass is 14.9. The second-order valence-electron chi connectivity index (χ2n) is 5.00. The van der Waals surface area contributed by atoms with E-state index in [-0.39, 0.29) is 0 Å².